The van der Waals surface area contributed by atoms with E-state index in [-0.39, 0.29) is 12.0 Å². The summed E-state index contributed by atoms with van der Waals surface area (Å²) >= 11 is 0. The zero-order valence-electron chi connectivity index (χ0n) is 15.4. The number of ether oxygens (including phenoxy) is 1. The van der Waals surface area contributed by atoms with Crippen molar-refractivity contribution in [1.29, 1.82) is 0 Å². The van der Waals surface area contributed by atoms with Crippen LogP contribution in [-0.2, 0) is 16.1 Å². The van der Waals surface area contributed by atoms with E-state index < -0.39 is 0 Å². The summed E-state index contributed by atoms with van der Waals surface area (Å²) in [5.74, 6) is 1.71. The topological polar surface area (TPSA) is 79.4 Å². The molecule has 142 valence electrons. The minimum absolute atomic E-state index is 0.0661. The molecule has 0 saturated carbocycles. The van der Waals surface area contributed by atoms with Crippen molar-refractivity contribution in [2.24, 2.45) is 0 Å². The normalized spacial score (nSPS) is 19.3. The highest BCUT2D eigenvalue weighted by molar-refractivity contribution is 5.94. The molecule has 2 N–H and O–H groups in total. The molecule has 4 rings (SSSR count). The molecule has 27 heavy (non-hydrogen) atoms. The Bertz CT molecular complexity index is 785. The van der Waals surface area contributed by atoms with Gasteiger partial charge in [-0.05, 0) is 43.4 Å². The van der Waals surface area contributed by atoms with Gasteiger partial charge in [0, 0.05) is 38.0 Å². The zero-order valence-corrected chi connectivity index (χ0v) is 15.4. The van der Waals surface area contributed by atoms with Crippen molar-refractivity contribution in [1.82, 2.24) is 9.97 Å². The molecule has 2 saturated heterocycles. The van der Waals surface area contributed by atoms with E-state index in [0.29, 0.717) is 13.2 Å². The van der Waals surface area contributed by atoms with Crippen LogP contribution in [0, 0.1) is 0 Å². The number of nitrogens with one attached hydrogen (secondary N) is 2. The van der Waals surface area contributed by atoms with E-state index in [9.17, 15) is 4.79 Å². The molecule has 0 spiro atoms. The van der Waals surface area contributed by atoms with Gasteiger partial charge in [0.25, 0.3) is 5.91 Å². The first-order valence-corrected chi connectivity index (χ1v) is 9.60. The third kappa shape index (κ3) is 4.54. The summed E-state index contributed by atoms with van der Waals surface area (Å²) in [5.41, 5.74) is 1.86. The second-order valence-electron chi connectivity index (χ2n) is 7.00. The standard InChI is InChI=1S/C20H25N5O2/c26-20(17-7-4-10-27-17)24-16-6-3-5-15(11-16)13-21-18-12-19(23-14-22-18)25-8-1-2-9-25/h3,5-6,11-12,14,17H,1-2,4,7-10,13H2,(H,24,26)(H,21,22,23). The smallest absolute Gasteiger partial charge is 0.253 e. The quantitative estimate of drug-likeness (QED) is 0.817. The number of anilines is 3. The van der Waals surface area contributed by atoms with Crippen LogP contribution < -0.4 is 15.5 Å². The van der Waals surface area contributed by atoms with Gasteiger partial charge < -0.3 is 20.3 Å². The van der Waals surface area contributed by atoms with E-state index >= 15 is 0 Å². The summed E-state index contributed by atoms with van der Waals surface area (Å²) in [7, 11) is 0. The Labute approximate surface area is 159 Å². The van der Waals surface area contributed by atoms with Crippen molar-refractivity contribution < 1.29 is 9.53 Å². The molecule has 1 unspecified atom stereocenters. The van der Waals surface area contributed by atoms with Gasteiger partial charge in [-0.3, -0.25) is 4.79 Å². The molecule has 1 amide bonds. The predicted octanol–water partition coefficient (Wildman–Crippen LogP) is 2.81. The third-order valence-corrected chi connectivity index (χ3v) is 4.97. The SMILES string of the molecule is O=C(Nc1cccc(CNc2cc(N3CCCC3)ncn2)c1)C1CCCO1. The summed E-state index contributed by atoms with van der Waals surface area (Å²) in [6.45, 7) is 3.41. The number of benzene rings is 1. The first-order chi connectivity index (χ1) is 13.3. The molecule has 1 aromatic carbocycles. The molecule has 1 aromatic heterocycles. The van der Waals surface area contributed by atoms with Crippen LogP contribution in [0.3, 0.4) is 0 Å². The molecular weight excluding hydrogens is 342 g/mol. The molecule has 2 fully saturated rings. The fourth-order valence-electron chi connectivity index (χ4n) is 3.52. The lowest BCUT2D eigenvalue weighted by molar-refractivity contribution is -0.124. The van der Waals surface area contributed by atoms with Crippen LogP contribution in [-0.4, -0.2) is 41.7 Å². The van der Waals surface area contributed by atoms with Gasteiger partial charge in [0.2, 0.25) is 0 Å². The molecular formula is C20H25N5O2. The van der Waals surface area contributed by atoms with Crippen molar-refractivity contribution in [3.05, 3.63) is 42.2 Å². The summed E-state index contributed by atoms with van der Waals surface area (Å²) < 4.78 is 5.43. The number of carbonyl (C=O) groups excluding carboxylic acids is 1. The fraction of sp³-hybridized carbons (Fsp3) is 0.450. The first-order valence-electron chi connectivity index (χ1n) is 9.60. The van der Waals surface area contributed by atoms with Crippen LogP contribution in [0.5, 0.6) is 0 Å². The Hall–Kier alpha value is -2.67. The average Bonchev–Trinajstić information content (AvgIpc) is 3.41. The summed E-state index contributed by atoms with van der Waals surface area (Å²) in [6.07, 6.45) is 5.46. The van der Waals surface area contributed by atoms with E-state index in [1.165, 1.54) is 12.8 Å². The highest BCUT2D eigenvalue weighted by Crippen LogP contribution is 2.20. The Morgan fingerprint density at radius 1 is 1.19 bits per heavy atom. The third-order valence-electron chi connectivity index (χ3n) is 4.97. The molecule has 0 aliphatic carbocycles. The first kappa shape index (κ1) is 17.7. The van der Waals surface area contributed by atoms with Gasteiger partial charge >= 0.3 is 0 Å². The van der Waals surface area contributed by atoms with Crippen molar-refractivity contribution in [3.63, 3.8) is 0 Å². The van der Waals surface area contributed by atoms with Crippen molar-refractivity contribution in [2.75, 3.05) is 35.2 Å². The lowest BCUT2D eigenvalue weighted by Crippen LogP contribution is -2.26. The van der Waals surface area contributed by atoms with Gasteiger partial charge in [0.05, 0.1) is 0 Å². The number of carbonyl (C=O) groups is 1. The second kappa shape index (κ2) is 8.35. The maximum atomic E-state index is 12.2. The molecule has 0 radical (unpaired) electrons. The van der Waals surface area contributed by atoms with E-state index in [0.717, 1.165) is 48.8 Å². The van der Waals surface area contributed by atoms with Crippen LogP contribution in [0.25, 0.3) is 0 Å². The Morgan fingerprint density at radius 2 is 2.07 bits per heavy atom. The predicted molar refractivity (Wildman–Crippen MR) is 105 cm³/mol. The molecule has 2 aliphatic heterocycles. The second-order valence-corrected chi connectivity index (χ2v) is 7.00. The lowest BCUT2D eigenvalue weighted by atomic mass is 10.2. The Morgan fingerprint density at radius 3 is 2.89 bits per heavy atom. The number of amides is 1. The number of hydrogen-bond acceptors (Lipinski definition) is 6. The molecule has 2 aromatic rings. The Kier molecular flexibility index (Phi) is 5.48. The zero-order chi connectivity index (χ0) is 18.5. The number of aromatic nitrogens is 2. The van der Waals surface area contributed by atoms with E-state index in [1.54, 1.807) is 6.33 Å². The average molecular weight is 367 g/mol. The molecule has 7 nitrogen and oxygen atoms in total. The minimum atomic E-state index is -0.322. The Balaban J connectivity index is 1.35. The summed E-state index contributed by atoms with van der Waals surface area (Å²) in [5, 5.41) is 6.29. The number of rotatable bonds is 6. The van der Waals surface area contributed by atoms with Crippen molar-refractivity contribution >= 4 is 23.2 Å². The van der Waals surface area contributed by atoms with Gasteiger partial charge in [0.15, 0.2) is 0 Å². The largest absolute Gasteiger partial charge is 0.368 e. The minimum Gasteiger partial charge on any atom is -0.368 e. The van der Waals surface area contributed by atoms with Crippen LogP contribution >= 0.6 is 0 Å². The van der Waals surface area contributed by atoms with Gasteiger partial charge in [-0.1, -0.05) is 12.1 Å². The summed E-state index contributed by atoms with van der Waals surface area (Å²) in [4.78, 5) is 23.2. The van der Waals surface area contributed by atoms with Crippen LogP contribution in [0.2, 0.25) is 0 Å². The van der Waals surface area contributed by atoms with E-state index in [2.05, 4.69) is 25.5 Å². The van der Waals surface area contributed by atoms with Crippen molar-refractivity contribution in [3.8, 4) is 0 Å². The molecule has 3 heterocycles. The number of nitrogens with zero attached hydrogens (tertiary/aromatic N) is 3. The van der Waals surface area contributed by atoms with Crippen LogP contribution in [0.15, 0.2) is 36.7 Å². The molecule has 1 atom stereocenters. The molecule has 0 bridgehead atoms. The van der Waals surface area contributed by atoms with Crippen LogP contribution in [0.1, 0.15) is 31.2 Å². The van der Waals surface area contributed by atoms with Gasteiger partial charge in [-0.2, -0.15) is 0 Å². The monoisotopic (exact) mass is 367 g/mol. The highest BCUT2D eigenvalue weighted by atomic mass is 16.5. The lowest BCUT2D eigenvalue weighted by Gasteiger charge is -2.16. The maximum Gasteiger partial charge on any atom is 0.253 e. The summed E-state index contributed by atoms with van der Waals surface area (Å²) in [6, 6.07) is 9.83. The number of hydrogen-bond donors (Lipinski definition) is 2. The molecule has 7 heteroatoms. The van der Waals surface area contributed by atoms with Crippen molar-refractivity contribution in [2.45, 2.75) is 38.3 Å². The van der Waals surface area contributed by atoms with Gasteiger partial charge in [-0.25, -0.2) is 9.97 Å². The fourth-order valence-corrected chi connectivity index (χ4v) is 3.52. The van der Waals surface area contributed by atoms with E-state index in [4.69, 9.17) is 4.74 Å². The van der Waals surface area contributed by atoms with Gasteiger partial charge in [-0.15, -0.1) is 0 Å². The molecule has 2 aliphatic rings. The highest BCUT2D eigenvalue weighted by Gasteiger charge is 2.23. The van der Waals surface area contributed by atoms with Gasteiger partial charge in [0.1, 0.15) is 24.1 Å². The maximum absolute atomic E-state index is 12.2. The van der Waals surface area contributed by atoms with Crippen LogP contribution in [0.4, 0.5) is 17.3 Å². The van der Waals surface area contributed by atoms with E-state index in [1.807, 2.05) is 30.3 Å².